The Kier molecular flexibility index (Phi) is 5.27. The van der Waals surface area contributed by atoms with Gasteiger partial charge in [0.25, 0.3) is 0 Å². The number of hydrogen-bond donors (Lipinski definition) is 1. The summed E-state index contributed by atoms with van der Waals surface area (Å²) in [5, 5.41) is 2.89. The van der Waals surface area contributed by atoms with Crippen LogP contribution in [0.2, 0.25) is 5.02 Å². The predicted molar refractivity (Wildman–Crippen MR) is 103 cm³/mol. The van der Waals surface area contributed by atoms with Gasteiger partial charge in [-0.25, -0.2) is 8.78 Å². The largest absolute Gasteiger partial charge is 0.490 e. The molecule has 152 valence electrons. The molecule has 0 spiro atoms. The summed E-state index contributed by atoms with van der Waals surface area (Å²) in [4.78, 5) is 26.6. The summed E-state index contributed by atoms with van der Waals surface area (Å²) in [6.07, 6.45) is 0.937. The number of benzene rings is 2. The molecule has 0 radical (unpaired) electrons. The molecule has 1 unspecified atom stereocenters. The SMILES string of the molecule is O=C(Nc1cc2c(cc1Cl)OCCCO2)C1CCN(c2cc(F)cc(F)c2)C1=O. The van der Waals surface area contributed by atoms with Crippen molar-refractivity contribution in [1.82, 2.24) is 0 Å². The molecule has 2 aliphatic heterocycles. The van der Waals surface area contributed by atoms with Crippen LogP contribution in [0.15, 0.2) is 30.3 Å². The second kappa shape index (κ2) is 7.87. The minimum atomic E-state index is -0.992. The summed E-state index contributed by atoms with van der Waals surface area (Å²) >= 11 is 6.23. The molecule has 1 fully saturated rings. The molecule has 1 saturated heterocycles. The molecule has 4 rings (SSSR count). The number of rotatable bonds is 3. The minimum absolute atomic E-state index is 0.0800. The molecule has 29 heavy (non-hydrogen) atoms. The van der Waals surface area contributed by atoms with E-state index in [1.54, 1.807) is 12.1 Å². The Bertz CT molecular complexity index is 965. The van der Waals surface area contributed by atoms with E-state index in [2.05, 4.69) is 5.32 Å². The second-order valence-electron chi connectivity index (χ2n) is 6.78. The summed E-state index contributed by atoms with van der Waals surface area (Å²) in [5.74, 6) is -2.71. The summed E-state index contributed by atoms with van der Waals surface area (Å²) in [6, 6.07) is 5.94. The quantitative estimate of drug-likeness (QED) is 0.764. The molecule has 1 N–H and O–H groups in total. The molecule has 2 amide bonds. The summed E-state index contributed by atoms with van der Waals surface area (Å²) in [6.45, 7) is 1.15. The highest BCUT2D eigenvalue weighted by atomic mass is 35.5. The fraction of sp³-hybridized carbons (Fsp3) is 0.300. The van der Waals surface area contributed by atoms with E-state index in [1.165, 1.54) is 4.90 Å². The van der Waals surface area contributed by atoms with E-state index in [0.29, 0.717) is 30.4 Å². The smallest absolute Gasteiger partial charge is 0.239 e. The van der Waals surface area contributed by atoms with Crippen LogP contribution in [-0.4, -0.2) is 31.6 Å². The average molecular weight is 423 g/mol. The Morgan fingerprint density at radius 3 is 2.41 bits per heavy atom. The fourth-order valence-corrected chi connectivity index (χ4v) is 3.58. The van der Waals surface area contributed by atoms with Crippen molar-refractivity contribution in [2.24, 2.45) is 5.92 Å². The van der Waals surface area contributed by atoms with Crippen molar-refractivity contribution in [3.63, 3.8) is 0 Å². The average Bonchev–Trinajstić information content (AvgIpc) is 2.90. The first-order chi connectivity index (χ1) is 13.9. The fourth-order valence-electron chi connectivity index (χ4n) is 3.37. The number of hydrogen-bond acceptors (Lipinski definition) is 4. The molecule has 2 heterocycles. The van der Waals surface area contributed by atoms with Crippen LogP contribution in [0.25, 0.3) is 0 Å². The van der Waals surface area contributed by atoms with E-state index in [9.17, 15) is 18.4 Å². The third-order valence-corrected chi connectivity index (χ3v) is 5.09. The number of nitrogens with one attached hydrogen (secondary N) is 1. The zero-order chi connectivity index (χ0) is 20.5. The first-order valence-corrected chi connectivity index (χ1v) is 9.47. The van der Waals surface area contributed by atoms with Gasteiger partial charge in [0.05, 0.1) is 23.9 Å². The van der Waals surface area contributed by atoms with Crippen LogP contribution < -0.4 is 19.7 Å². The van der Waals surface area contributed by atoms with Gasteiger partial charge in [0.2, 0.25) is 11.8 Å². The molecule has 2 aromatic rings. The molecule has 0 saturated carbocycles. The van der Waals surface area contributed by atoms with Gasteiger partial charge < -0.3 is 19.7 Å². The van der Waals surface area contributed by atoms with E-state index >= 15 is 0 Å². The Hall–Kier alpha value is -2.87. The van der Waals surface area contributed by atoms with Gasteiger partial charge in [-0.1, -0.05) is 11.6 Å². The molecule has 1 atom stereocenters. The van der Waals surface area contributed by atoms with E-state index in [0.717, 1.165) is 24.6 Å². The number of nitrogens with zero attached hydrogens (tertiary/aromatic N) is 1. The monoisotopic (exact) mass is 422 g/mol. The highest BCUT2D eigenvalue weighted by Crippen LogP contribution is 2.38. The number of carbonyl (C=O) groups is 2. The van der Waals surface area contributed by atoms with Crippen LogP contribution >= 0.6 is 11.6 Å². The third-order valence-electron chi connectivity index (χ3n) is 4.78. The van der Waals surface area contributed by atoms with Crippen LogP contribution in [0.3, 0.4) is 0 Å². The lowest BCUT2D eigenvalue weighted by molar-refractivity contribution is -0.129. The molecule has 0 bridgehead atoms. The Morgan fingerprint density at radius 1 is 1.07 bits per heavy atom. The van der Waals surface area contributed by atoms with Gasteiger partial charge in [-0.15, -0.1) is 0 Å². The van der Waals surface area contributed by atoms with E-state index in [4.69, 9.17) is 21.1 Å². The van der Waals surface area contributed by atoms with E-state index in [-0.39, 0.29) is 23.7 Å². The summed E-state index contributed by atoms with van der Waals surface area (Å²) in [7, 11) is 0. The lowest BCUT2D eigenvalue weighted by Crippen LogP contribution is -2.33. The lowest BCUT2D eigenvalue weighted by atomic mass is 10.1. The highest BCUT2D eigenvalue weighted by Gasteiger charge is 2.38. The topological polar surface area (TPSA) is 67.9 Å². The number of anilines is 2. The van der Waals surface area contributed by atoms with Crippen LogP contribution in [-0.2, 0) is 9.59 Å². The summed E-state index contributed by atoms with van der Waals surface area (Å²) < 4.78 is 38.1. The van der Waals surface area contributed by atoms with Crippen molar-refractivity contribution < 1.29 is 27.8 Å². The molecular formula is C20H17ClF2N2O4. The van der Waals surface area contributed by atoms with Gasteiger partial charge >= 0.3 is 0 Å². The third kappa shape index (κ3) is 3.98. The van der Waals surface area contributed by atoms with Gasteiger partial charge in [0, 0.05) is 36.9 Å². The molecule has 6 nitrogen and oxygen atoms in total. The maximum atomic E-state index is 13.5. The molecule has 0 aliphatic carbocycles. The first kappa shape index (κ1) is 19.4. The Morgan fingerprint density at radius 2 is 1.72 bits per heavy atom. The van der Waals surface area contributed by atoms with Crippen LogP contribution in [0.4, 0.5) is 20.2 Å². The molecular weight excluding hydrogens is 406 g/mol. The Labute approximate surface area is 170 Å². The minimum Gasteiger partial charge on any atom is -0.490 e. The molecule has 2 aliphatic rings. The van der Waals surface area contributed by atoms with Gasteiger partial charge in [-0.05, 0) is 18.6 Å². The van der Waals surface area contributed by atoms with Crippen molar-refractivity contribution in [2.45, 2.75) is 12.8 Å². The van der Waals surface area contributed by atoms with E-state index in [1.807, 2.05) is 0 Å². The highest BCUT2D eigenvalue weighted by molar-refractivity contribution is 6.34. The predicted octanol–water partition coefficient (Wildman–Crippen LogP) is 3.77. The number of halogens is 3. The normalized spacial score (nSPS) is 18.5. The van der Waals surface area contributed by atoms with Gasteiger partial charge in [-0.2, -0.15) is 0 Å². The molecule has 0 aromatic heterocycles. The van der Waals surface area contributed by atoms with Crippen molar-refractivity contribution in [3.8, 4) is 11.5 Å². The van der Waals surface area contributed by atoms with Crippen molar-refractivity contribution >= 4 is 34.8 Å². The van der Waals surface area contributed by atoms with Crippen molar-refractivity contribution in [2.75, 3.05) is 30.0 Å². The van der Waals surface area contributed by atoms with E-state index < -0.39 is 29.4 Å². The lowest BCUT2D eigenvalue weighted by Gasteiger charge is -2.17. The maximum absolute atomic E-state index is 13.5. The van der Waals surface area contributed by atoms with Crippen molar-refractivity contribution in [1.29, 1.82) is 0 Å². The van der Waals surface area contributed by atoms with Crippen molar-refractivity contribution in [3.05, 3.63) is 47.0 Å². The number of amides is 2. The number of fused-ring (bicyclic) bond motifs is 1. The second-order valence-corrected chi connectivity index (χ2v) is 7.18. The zero-order valence-corrected chi connectivity index (χ0v) is 16.0. The van der Waals surface area contributed by atoms with Crippen LogP contribution in [0, 0.1) is 17.6 Å². The molecule has 2 aromatic carbocycles. The van der Waals surface area contributed by atoms with Crippen LogP contribution in [0.1, 0.15) is 12.8 Å². The van der Waals surface area contributed by atoms with Gasteiger partial charge in [0.1, 0.15) is 17.6 Å². The molecule has 9 heteroatoms. The van der Waals surface area contributed by atoms with Crippen LogP contribution in [0.5, 0.6) is 11.5 Å². The van der Waals surface area contributed by atoms with Gasteiger partial charge in [0.15, 0.2) is 11.5 Å². The summed E-state index contributed by atoms with van der Waals surface area (Å²) in [5.41, 5.74) is 0.375. The zero-order valence-electron chi connectivity index (χ0n) is 15.2. The number of ether oxygens (including phenoxy) is 2. The van der Waals surface area contributed by atoms with Gasteiger partial charge in [-0.3, -0.25) is 9.59 Å². The first-order valence-electron chi connectivity index (χ1n) is 9.10. The standard InChI is InChI=1S/C20H17ClF2N2O4/c21-15-9-17-18(29-5-1-4-28-17)10-16(15)24-19(26)14-2-3-25(20(14)27)13-7-11(22)6-12(23)8-13/h6-10,14H,1-5H2,(H,24,26). The number of carbonyl (C=O) groups excluding carboxylic acids is 2. The maximum Gasteiger partial charge on any atom is 0.239 e. The Balaban J connectivity index is 1.51.